The average Bonchev–Trinajstić information content (AvgIpc) is 2.72. The summed E-state index contributed by atoms with van der Waals surface area (Å²) in [4.78, 5) is 2.53. The van der Waals surface area contributed by atoms with Crippen molar-refractivity contribution >= 4 is 0 Å². The van der Waals surface area contributed by atoms with Crippen molar-refractivity contribution in [2.24, 2.45) is 5.41 Å². The third-order valence-electron chi connectivity index (χ3n) is 4.43. The van der Waals surface area contributed by atoms with Crippen molar-refractivity contribution in [3.63, 3.8) is 0 Å². The van der Waals surface area contributed by atoms with E-state index in [0.29, 0.717) is 17.6 Å². The molecule has 1 saturated heterocycles. The van der Waals surface area contributed by atoms with Crippen LogP contribution in [0.2, 0.25) is 0 Å². The molecule has 1 aliphatic heterocycles. The first-order chi connectivity index (χ1) is 9.17. The summed E-state index contributed by atoms with van der Waals surface area (Å²) >= 11 is 0. The molecule has 0 amide bonds. The van der Waals surface area contributed by atoms with Gasteiger partial charge in [-0.3, -0.25) is 0 Å². The van der Waals surface area contributed by atoms with Gasteiger partial charge in [0.1, 0.15) is 0 Å². The fourth-order valence-corrected chi connectivity index (χ4v) is 3.32. The molecule has 1 rings (SSSR count). The smallest absolute Gasteiger partial charge is 0.0702 e. The largest absolute Gasteiger partial charge is 0.377 e. The molecule has 0 saturated carbocycles. The van der Waals surface area contributed by atoms with E-state index in [1.807, 2.05) is 0 Å². The first-order valence-electron chi connectivity index (χ1n) is 8.24. The quantitative estimate of drug-likeness (QED) is 0.776. The van der Waals surface area contributed by atoms with Crippen LogP contribution in [0.15, 0.2) is 0 Å². The summed E-state index contributed by atoms with van der Waals surface area (Å²) in [6.07, 6.45) is 4.06. The zero-order chi connectivity index (χ0) is 15.4. The van der Waals surface area contributed by atoms with Crippen molar-refractivity contribution in [2.75, 3.05) is 26.7 Å². The SMILES string of the molecule is CCCC(C)(CNC(C)(C)C)CN(C)C1CCOC1C. The minimum atomic E-state index is 0.192. The van der Waals surface area contributed by atoms with E-state index < -0.39 is 0 Å². The lowest BCUT2D eigenvalue weighted by Gasteiger charge is -2.39. The molecular formula is C17H36N2O. The van der Waals surface area contributed by atoms with Gasteiger partial charge in [0.2, 0.25) is 0 Å². The van der Waals surface area contributed by atoms with E-state index in [-0.39, 0.29) is 5.54 Å². The lowest BCUT2D eigenvalue weighted by Crippen LogP contribution is -2.49. The van der Waals surface area contributed by atoms with Gasteiger partial charge in [-0.2, -0.15) is 0 Å². The Morgan fingerprint density at radius 3 is 2.35 bits per heavy atom. The number of nitrogens with zero attached hydrogens (tertiary/aromatic N) is 1. The summed E-state index contributed by atoms with van der Waals surface area (Å²) in [5, 5.41) is 3.70. The van der Waals surface area contributed by atoms with E-state index in [1.54, 1.807) is 0 Å². The van der Waals surface area contributed by atoms with E-state index in [4.69, 9.17) is 4.74 Å². The summed E-state index contributed by atoms with van der Waals surface area (Å²) in [5.74, 6) is 0. The van der Waals surface area contributed by atoms with Crippen LogP contribution >= 0.6 is 0 Å². The van der Waals surface area contributed by atoms with Crippen molar-refractivity contribution in [1.82, 2.24) is 10.2 Å². The second kappa shape index (κ2) is 7.24. The zero-order valence-corrected chi connectivity index (χ0v) is 14.8. The van der Waals surface area contributed by atoms with Crippen LogP contribution in [-0.4, -0.2) is 49.3 Å². The van der Waals surface area contributed by atoms with Gasteiger partial charge in [0, 0.05) is 31.3 Å². The Bertz CT molecular complexity index is 287. The molecule has 0 aromatic carbocycles. The van der Waals surface area contributed by atoms with E-state index in [1.165, 1.54) is 19.3 Å². The van der Waals surface area contributed by atoms with Gasteiger partial charge in [0.05, 0.1) is 6.10 Å². The summed E-state index contributed by atoms with van der Waals surface area (Å²) in [7, 11) is 2.26. The molecule has 20 heavy (non-hydrogen) atoms. The second-order valence-electron chi connectivity index (χ2n) is 8.01. The van der Waals surface area contributed by atoms with Crippen molar-refractivity contribution in [1.29, 1.82) is 0 Å². The van der Waals surface area contributed by atoms with Gasteiger partial charge in [0.15, 0.2) is 0 Å². The Kier molecular flexibility index (Phi) is 6.49. The highest BCUT2D eigenvalue weighted by Crippen LogP contribution is 2.28. The van der Waals surface area contributed by atoms with Gasteiger partial charge in [-0.1, -0.05) is 20.3 Å². The van der Waals surface area contributed by atoms with Crippen molar-refractivity contribution in [2.45, 2.75) is 78.5 Å². The first-order valence-corrected chi connectivity index (χ1v) is 8.24. The normalized spacial score (nSPS) is 27.0. The summed E-state index contributed by atoms with van der Waals surface area (Å²) in [6.45, 7) is 16.8. The van der Waals surface area contributed by atoms with Crippen molar-refractivity contribution < 1.29 is 4.74 Å². The fraction of sp³-hybridized carbons (Fsp3) is 1.00. The molecule has 3 nitrogen and oxygen atoms in total. The molecule has 3 atom stereocenters. The predicted molar refractivity (Wildman–Crippen MR) is 87.2 cm³/mol. The number of likely N-dealkylation sites (N-methyl/N-ethyl adjacent to an activating group) is 1. The van der Waals surface area contributed by atoms with Crippen LogP contribution in [0.25, 0.3) is 0 Å². The van der Waals surface area contributed by atoms with Crippen LogP contribution in [0, 0.1) is 5.41 Å². The molecule has 0 aliphatic carbocycles. The third kappa shape index (κ3) is 5.71. The van der Waals surface area contributed by atoms with Crippen LogP contribution in [0.5, 0.6) is 0 Å². The molecule has 120 valence electrons. The summed E-state index contributed by atoms with van der Waals surface area (Å²) in [6, 6.07) is 0.584. The summed E-state index contributed by atoms with van der Waals surface area (Å²) in [5.41, 5.74) is 0.524. The highest BCUT2D eigenvalue weighted by molar-refractivity contribution is 4.88. The number of nitrogens with one attached hydrogen (secondary N) is 1. The van der Waals surface area contributed by atoms with Gasteiger partial charge >= 0.3 is 0 Å². The van der Waals surface area contributed by atoms with Crippen LogP contribution in [0.1, 0.15) is 60.8 Å². The minimum absolute atomic E-state index is 0.192. The van der Waals surface area contributed by atoms with Crippen LogP contribution in [0.3, 0.4) is 0 Å². The van der Waals surface area contributed by atoms with Gasteiger partial charge in [-0.15, -0.1) is 0 Å². The molecule has 0 radical (unpaired) electrons. The Labute approximate surface area is 126 Å². The highest BCUT2D eigenvalue weighted by Gasteiger charge is 2.33. The minimum Gasteiger partial charge on any atom is -0.377 e. The van der Waals surface area contributed by atoms with Gasteiger partial charge in [0.25, 0.3) is 0 Å². The number of hydrogen-bond acceptors (Lipinski definition) is 3. The molecule has 0 bridgehead atoms. The highest BCUT2D eigenvalue weighted by atomic mass is 16.5. The third-order valence-corrected chi connectivity index (χ3v) is 4.43. The Balaban J connectivity index is 2.60. The van der Waals surface area contributed by atoms with Gasteiger partial charge in [-0.25, -0.2) is 0 Å². The number of ether oxygens (including phenoxy) is 1. The molecule has 0 aromatic rings. The Morgan fingerprint density at radius 1 is 1.25 bits per heavy atom. The predicted octanol–water partition coefficient (Wildman–Crippen LogP) is 3.29. The molecule has 3 heteroatoms. The molecule has 1 heterocycles. The van der Waals surface area contributed by atoms with Crippen LogP contribution in [-0.2, 0) is 4.74 Å². The number of hydrogen-bond donors (Lipinski definition) is 1. The van der Waals surface area contributed by atoms with Crippen molar-refractivity contribution in [3.8, 4) is 0 Å². The van der Waals surface area contributed by atoms with Crippen molar-refractivity contribution in [3.05, 3.63) is 0 Å². The maximum atomic E-state index is 5.72. The molecule has 1 N–H and O–H groups in total. The van der Waals surface area contributed by atoms with Crippen LogP contribution in [0.4, 0.5) is 0 Å². The topological polar surface area (TPSA) is 24.5 Å². The van der Waals surface area contributed by atoms with E-state index in [2.05, 4.69) is 58.8 Å². The average molecular weight is 284 g/mol. The lowest BCUT2D eigenvalue weighted by molar-refractivity contribution is 0.0626. The molecule has 3 unspecified atom stereocenters. The fourth-order valence-electron chi connectivity index (χ4n) is 3.32. The summed E-state index contributed by atoms with van der Waals surface area (Å²) < 4.78 is 5.72. The molecule has 1 aliphatic rings. The Hall–Kier alpha value is -0.120. The van der Waals surface area contributed by atoms with E-state index in [9.17, 15) is 0 Å². The Morgan fingerprint density at radius 2 is 1.90 bits per heavy atom. The zero-order valence-electron chi connectivity index (χ0n) is 14.8. The molecule has 0 spiro atoms. The maximum absolute atomic E-state index is 5.72. The standard InChI is InChI=1S/C17H36N2O/c1-8-10-17(6,12-18-16(3,4)5)13-19(7)15-9-11-20-14(15)2/h14-15,18H,8-13H2,1-7H3. The molecule has 0 aromatic heterocycles. The maximum Gasteiger partial charge on any atom is 0.0702 e. The monoisotopic (exact) mass is 284 g/mol. The van der Waals surface area contributed by atoms with E-state index >= 15 is 0 Å². The molecule has 1 fully saturated rings. The van der Waals surface area contributed by atoms with Gasteiger partial charge < -0.3 is 15.0 Å². The first kappa shape index (κ1) is 17.9. The van der Waals surface area contributed by atoms with E-state index in [0.717, 1.165) is 19.7 Å². The molecular weight excluding hydrogens is 248 g/mol. The lowest BCUT2D eigenvalue weighted by atomic mass is 9.83. The second-order valence-corrected chi connectivity index (χ2v) is 8.01. The number of rotatable bonds is 7. The van der Waals surface area contributed by atoms with Crippen LogP contribution < -0.4 is 5.32 Å². The van der Waals surface area contributed by atoms with Gasteiger partial charge in [-0.05, 0) is 53.0 Å².